The van der Waals surface area contributed by atoms with Crippen LogP contribution in [-0.2, 0) is 23.3 Å². The Bertz CT molecular complexity index is 897. The van der Waals surface area contributed by atoms with Crippen molar-refractivity contribution in [1.29, 1.82) is 0 Å². The topological polar surface area (TPSA) is 101 Å². The minimum atomic E-state index is -0.0780. The summed E-state index contributed by atoms with van der Waals surface area (Å²) >= 11 is 0. The number of benzene rings is 1. The quantitative estimate of drug-likeness (QED) is 0.420. The number of aromatic nitrogens is 1. The Morgan fingerprint density at radius 3 is 2.77 bits per heavy atom. The molecule has 1 saturated carbocycles. The third kappa shape index (κ3) is 7.62. The van der Waals surface area contributed by atoms with Crippen LogP contribution in [0.25, 0.3) is 0 Å². The Morgan fingerprint density at radius 1 is 1.29 bits per heavy atom. The number of nitrogens with one attached hydrogen (secondary N) is 3. The maximum absolute atomic E-state index is 11.8. The average molecular weight is 428 g/mol. The van der Waals surface area contributed by atoms with Crippen LogP contribution in [0.3, 0.4) is 0 Å². The van der Waals surface area contributed by atoms with Gasteiger partial charge in [0.1, 0.15) is 11.5 Å². The molecule has 1 heterocycles. The highest BCUT2D eigenvalue weighted by molar-refractivity contribution is 5.79. The average Bonchev–Trinajstić information content (AvgIpc) is 3.40. The summed E-state index contributed by atoms with van der Waals surface area (Å²) in [6.45, 7) is 9.97. The molecule has 8 heteroatoms. The maximum Gasteiger partial charge on any atom is 0.258 e. The highest BCUT2D eigenvalue weighted by Gasteiger charge is 2.23. The van der Waals surface area contributed by atoms with E-state index in [1.807, 2.05) is 31.2 Å². The Kier molecular flexibility index (Phi) is 7.55. The van der Waals surface area contributed by atoms with Gasteiger partial charge < -0.3 is 25.1 Å². The molecule has 0 unspecified atom stereocenters. The molecular formula is C23H33N5O3. The standard InChI is InChI=1S/C23H33N5O3/c1-5-24-22(27-14-21-25-13-19(31-21)23(2,3)4)26-12-16-7-6-8-18(11-16)30-15-20(29)28-17-9-10-17/h6-8,11,13,17H,5,9-10,12,14-15H2,1-4H3,(H,28,29)(H2,24,26,27). The summed E-state index contributed by atoms with van der Waals surface area (Å²) in [5, 5.41) is 9.39. The van der Waals surface area contributed by atoms with Crippen LogP contribution in [0.4, 0.5) is 0 Å². The number of carbonyl (C=O) groups excluding carboxylic acids is 1. The number of guanidine groups is 1. The summed E-state index contributed by atoms with van der Waals surface area (Å²) < 4.78 is 11.4. The number of carbonyl (C=O) groups is 1. The van der Waals surface area contributed by atoms with Crippen LogP contribution in [0.1, 0.15) is 57.8 Å². The van der Waals surface area contributed by atoms with Crippen LogP contribution in [-0.4, -0.2) is 36.0 Å². The molecule has 0 spiro atoms. The monoisotopic (exact) mass is 427 g/mol. The number of hydrogen-bond acceptors (Lipinski definition) is 5. The van der Waals surface area contributed by atoms with Gasteiger partial charge in [0.25, 0.3) is 5.91 Å². The van der Waals surface area contributed by atoms with E-state index in [-0.39, 0.29) is 17.9 Å². The maximum atomic E-state index is 11.8. The lowest BCUT2D eigenvalue weighted by atomic mass is 9.94. The number of ether oxygens (including phenoxy) is 1. The van der Waals surface area contributed by atoms with Gasteiger partial charge in [0.2, 0.25) is 5.89 Å². The molecule has 1 amide bonds. The van der Waals surface area contributed by atoms with Crippen molar-refractivity contribution in [3.8, 4) is 5.75 Å². The minimum absolute atomic E-state index is 0.0279. The van der Waals surface area contributed by atoms with E-state index in [9.17, 15) is 4.79 Å². The van der Waals surface area contributed by atoms with Crippen molar-refractivity contribution < 1.29 is 13.9 Å². The molecule has 1 aliphatic rings. The third-order valence-electron chi connectivity index (χ3n) is 4.67. The van der Waals surface area contributed by atoms with Gasteiger partial charge in [0.05, 0.1) is 19.3 Å². The van der Waals surface area contributed by atoms with Gasteiger partial charge in [0.15, 0.2) is 12.6 Å². The van der Waals surface area contributed by atoms with Crippen LogP contribution >= 0.6 is 0 Å². The molecule has 1 fully saturated rings. The first-order chi connectivity index (χ1) is 14.8. The van der Waals surface area contributed by atoms with Crippen molar-refractivity contribution in [1.82, 2.24) is 20.9 Å². The largest absolute Gasteiger partial charge is 0.484 e. The number of amides is 1. The second kappa shape index (κ2) is 10.3. The predicted octanol–water partition coefficient (Wildman–Crippen LogP) is 2.88. The van der Waals surface area contributed by atoms with E-state index in [4.69, 9.17) is 9.15 Å². The lowest BCUT2D eigenvalue weighted by molar-refractivity contribution is -0.123. The van der Waals surface area contributed by atoms with Crippen LogP contribution in [0, 0.1) is 0 Å². The number of aliphatic imine (C=N–C) groups is 1. The van der Waals surface area contributed by atoms with Gasteiger partial charge in [-0.05, 0) is 37.5 Å². The van der Waals surface area contributed by atoms with E-state index in [1.165, 1.54) is 0 Å². The molecule has 0 atom stereocenters. The van der Waals surface area contributed by atoms with Crippen molar-refractivity contribution in [2.75, 3.05) is 13.2 Å². The van der Waals surface area contributed by atoms with Crippen LogP contribution < -0.4 is 20.7 Å². The number of nitrogens with zero attached hydrogens (tertiary/aromatic N) is 2. The van der Waals surface area contributed by atoms with E-state index < -0.39 is 0 Å². The fraction of sp³-hybridized carbons (Fsp3) is 0.522. The molecule has 3 N–H and O–H groups in total. The fourth-order valence-corrected chi connectivity index (χ4v) is 2.79. The van der Waals surface area contributed by atoms with Crippen LogP contribution in [0.15, 0.2) is 39.9 Å². The summed E-state index contributed by atoms with van der Waals surface area (Å²) in [6.07, 6.45) is 3.90. The molecule has 31 heavy (non-hydrogen) atoms. The summed E-state index contributed by atoms with van der Waals surface area (Å²) in [7, 11) is 0. The van der Waals surface area contributed by atoms with E-state index >= 15 is 0 Å². The van der Waals surface area contributed by atoms with E-state index in [2.05, 4.69) is 46.7 Å². The zero-order chi connectivity index (χ0) is 22.3. The highest BCUT2D eigenvalue weighted by atomic mass is 16.5. The lowest BCUT2D eigenvalue weighted by Crippen LogP contribution is -2.36. The molecule has 8 nitrogen and oxygen atoms in total. The SMILES string of the molecule is CCNC(=NCc1cccc(OCC(=O)NC2CC2)c1)NCc1ncc(C(C)(C)C)o1. The van der Waals surface area contributed by atoms with Crippen LogP contribution in [0.5, 0.6) is 5.75 Å². The van der Waals surface area contributed by atoms with E-state index in [1.54, 1.807) is 6.20 Å². The van der Waals surface area contributed by atoms with Crippen molar-refractivity contribution in [2.24, 2.45) is 4.99 Å². The molecule has 2 aromatic rings. The molecule has 0 bridgehead atoms. The molecule has 1 aromatic carbocycles. The first-order valence-corrected chi connectivity index (χ1v) is 10.8. The highest BCUT2D eigenvalue weighted by Crippen LogP contribution is 2.22. The Balaban J connectivity index is 1.53. The minimum Gasteiger partial charge on any atom is -0.484 e. The Labute approximate surface area is 183 Å². The second-order valence-corrected chi connectivity index (χ2v) is 8.69. The van der Waals surface area contributed by atoms with Gasteiger partial charge in [-0.25, -0.2) is 9.98 Å². The Hall–Kier alpha value is -3.03. The van der Waals surface area contributed by atoms with Gasteiger partial charge in [0, 0.05) is 18.0 Å². The lowest BCUT2D eigenvalue weighted by Gasteiger charge is -2.13. The van der Waals surface area contributed by atoms with Crippen molar-refractivity contribution in [3.05, 3.63) is 47.7 Å². The normalized spacial score (nSPS) is 14.3. The molecular weight excluding hydrogens is 394 g/mol. The van der Waals surface area contributed by atoms with Crippen molar-refractivity contribution in [3.63, 3.8) is 0 Å². The number of rotatable bonds is 9. The molecule has 0 aliphatic heterocycles. The van der Waals surface area contributed by atoms with Gasteiger partial charge >= 0.3 is 0 Å². The number of oxazole rings is 1. The van der Waals surface area contributed by atoms with Crippen molar-refractivity contribution >= 4 is 11.9 Å². The fourth-order valence-electron chi connectivity index (χ4n) is 2.79. The summed E-state index contributed by atoms with van der Waals surface area (Å²) in [5.41, 5.74) is 0.915. The smallest absolute Gasteiger partial charge is 0.258 e. The first kappa shape index (κ1) is 22.7. The van der Waals surface area contributed by atoms with Gasteiger partial charge in [-0.2, -0.15) is 0 Å². The number of hydrogen-bond donors (Lipinski definition) is 3. The molecule has 0 radical (unpaired) electrons. The molecule has 1 aliphatic carbocycles. The molecule has 168 valence electrons. The predicted molar refractivity (Wildman–Crippen MR) is 120 cm³/mol. The molecule has 0 saturated heterocycles. The second-order valence-electron chi connectivity index (χ2n) is 8.69. The Morgan fingerprint density at radius 2 is 2.10 bits per heavy atom. The summed E-state index contributed by atoms with van der Waals surface area (Å²) in [5.74, 6) is 2.73. The van der Waals surface area contributed by atoms with Crippen LogP contribution in [0.2, 0.25) is 0 Å². The van der Waals surface area contributed by atoms with E-state index in [0.29, 0.717) is 36.7 Å². The summed E-state index contributed by atoms with van der Waals surface area (Å²) in [6, 6.07) is 7.97. The van der Waals surface area contributed by atoms with Crippen molar-refractivity contribution in [2.45, 2.75) is 65.1 Å². The first-order valence-electron chi connectivity index (χ1n) is 10.8. The van der Waals surface area contributed by atoms with Gasteiger partial charge in [-0.15, -0.1) is 0 Å². The zero-order valence-electron chi connectivity index (χ0n) is 18.8. The van der Waals surface area contributed by atoms with Gasteiger partial charge in [-0.3, -0.25) is 4.79 Å². The zero-order valence-corrected chi connectivity index (χ0v) is 18.8. The molecule has 1 aromatic heterocycles. The third-order valence-corrected chi connectivity index (χ3v) is 4.67. The van der Waals surface area contributed by atoms with E-state index in [0.717, 1.165) is 30.7 Å². The summed E-state index contributed by atoms with van der Waals surface area (Å²) in [4.78, 5) is 20.8. The van der Waals surface area contributed by atoms with Gasteiger partial charge in [-0.1, -0.05) is 32.9 Å². The molecule has 3 rings (SSSR count).